The smallest absolute Gasteiger partial charge is 0.147 e. The monoisotopic (exact) mass is 290 g/mol. The molecule has 2 aromatic rings. The van der Waals surface area contributed by atoms with Gasteiger partial charge in [-0.3, -0.25) is 4.98 Å². The molecular formula is C14H18N4OS. The zero-order valence-corrected chi connectivity index (χ0v) is 12.0. The van der Waals surface area contributed by atoms with Gasteiger partial charge in [0.2, 0.25) is 0 Å². The van der Waals surface area contributed by atoms with E-state index in [-0.39, 0.29) is 0 Å². The van der Waals surface area contributed by atoms with Crippen LogP contribution in [0.25, 0.3) is 11.1 Å². The number of aliphatic hydroxyl groups is 1. The molecule has 2 aromatic heterocycles. The summed E-state index contributed by atoms with van der Waals surface area (Å²) in [5, 5.41) is 14.6. The summed E-state index contributed by atoms with van der Waals surface area (Å²) in [6.45, 7) is 0.544. The van der Waals surface area contributed by atoms with Crippen molar-refractivity contribution in [1.29, 1.82) is 0 Å². The fraction of sp³-hybridized carbons (Fsp3) is 0.429. The summed E-state index contributed by atoms with van der Waals surface area (Å²) < 4.78 is 4.21. The first-order chi connectivity index (χ1) is 9.68. The molecule has 1 saturated carbocycles. The SMILES string of the molecule is Nc1nsc(NCC2(O)CCCC2)c1-c1cccnc1. The van der Waals surface area contributed by atoms with Crippen LogP contribution in [0.3, 0.4) is 0 Å². The highest BCUT2D eigenvalue weighted by molar-refractivity contribution is 7.11. The zero-order chi connectivity index (χ0) is 14.0. The lowest BCUT2D eigenvalue weighted by molar-refractivity contribution is 0.0615. The second-order valence-electron chi connectivity index (χ2n) is 5.30. The summed E-state index contributed by atoms with van der Waals surface area (Å²) in [7, 11) is 0. The molecule has 1 aliphatic rings. The topological polar surface area (TPSA) is 84.1 Å². The number of nitrogens with zero attached hydrogens (tertiary/aromatic N) is 2. The number of hydrogen-bond acceptors (Lipinski definition) is 6. The van der Waals surface area contributed by atoms with Crippen LogP contribution < -0.4 is 11.1 Å². The average molecular weight is 290 g/mol. The van der Waals surface area contributed by atoms with Gasteiger partial charge in [0.1, 0.15) is 10.8 Å². The van der Waals surface area contributed by atoms with Crippen molar-refractivity contribution in [3.63, 3.8) is 0 Å². The highest BCUT2D eigenvalue weighted by Gasteiger charge is 2.31. The lowest BCUT2D eigenvalue weighted by atomic mass is 10.0. The van der Waals surface area contributed by atoms with Crippen LogP contribution in [0.2, 0.25) is 0 Å². The molecule has 0 atom stereocenters. The van der Waals surface area contributed by atoms with E-state index in [4.69, 9.17) is 5.73 Å². The number of hydrogen-bond donors (Lipinski definition) is 3. The molecule has 0 radical (unpaired) electrons. The normalized spacial score (nSPS) is 17.2. The molecule has 0 bridgehead atoms. The molecule has 6 heteroatoms. The van der Waals surface area contributed by atoms with Gasteiger partial charge in [0.15, 0.2) is 0 Å². The van der Waals surface area contributed by atoms with E-state index in [0.717, 1.165) is 41.8 Å². The van der Waals surface area contributed by atoms with Crippen molar-refractivity contribution < 1.29 is 5.11 Å². The highest BCUT2D eigenvalue weighted by Crippen LogP contribution is 2.37. The second-order valence-corrected chi connectivity index (χ2v) is 6.07. The first kappa shape index (κ1) is 13.3. The summed E-state index contributed by atoms with van der Waals surface area (Å²) >= 11 is 1.33. The maximum absolute atomic E-state index is 10.4. The third-order valence-corrected chi connectivity index (χ3v) is 4.60. The third kappa shape index (κ3) is 2.62. The molecule has 4 N–H and O–H groups in total. The quantitative estimate of drug-likeness (QED) is 0.805. The van der Waals surface area contributed by atoms with E-state index in [1.807, 2.05) is 12.1 Å². The van der Waals surface area contributed by atoms with Crippen molar-refractivity contribution in [3.05, 3.63) is 24.5 Å². The molecular weight excluding hydrogens is 272 g/mol. The zero-order valence-electron chi connectivity index (χ0n) is 11.2. The highest BCUT2D eigenvalue weighted by atomic mass is 32.1. The molecule has 106 valence electrons. The van der Waals surface area contributed by atoms with E-state index in [0.29, 0.717) is 12.4 Å². The molecule has 0 amide bonds. The first-order valence-electron chi connectivity index (χ1n) is 6.80. The minimum atomic E-state index is -0.592. The summed E-state index contributed by atoms with van der Waals surface area (Å²) in [6.07, 6.45) is 7.41. The van der Waals surface area contributed by atoms with E-state index >= 15 is 0 Å². The molecule has 3 rings (SSSR count). The van der Waals surface area contributed by atoms with Crippen LogP contribution in [0.1, 0.15) is 25.7 Å². The number of anilines is 2. The Hall–Kier alpha value is -1.66. The fourth-order valence-corrected chi connectivity index (χ4v) is 3.40. The molecule has 5 nitrogen and oxygen atoms in total. The van der Waals surface area contributed by atoms with Crippen molar-refractivity contribution in [2.75, 3.05) is 17.6 Å². The summed E-state index contributed by atoms with van der Waals surface area (Å²) in [5.41, 5.74) is 7.19. The number of aromatic nitrogens is 2. The predicted molar refractivity (Wildman–Crippen MR) is 81.7 cm³/mol. The number of nitrogens with one attached hydrogen (secondary N) is 1. The maximum atomic E-state index is 10.4. The van der Waals surface area contributed by atoms with Gasteiger partial charge >= 0.3 is 0 Å². The Labute approximate surface area is 122 Å². The van der Waals surface area contributed by atoms with Crippen LogP contribution >= 0.6 is 11.5 Å². The van der Waals surface area contributed by atoms with Gasteiger partial charge in [0.25, 0.3) is 0 Å². The largest absolute Gasteiger partial charge is 0.388 e. The minimum absolute atomic E-state index is 0.504. The van der Waals surface area contributed by atoms with E-state index in [9.17, 15) is 5.11 Å². The molecule has 2 heterocycles. The van der Waals surface area contributed by atoms with Crippen LogP contribution in [-0.4, -0.2) is 26.6 Å². The minimum Gasteiger partial charge on any atom is -0.388 e. The number of nitrogens with two attached hydrogens (primary N) is 1. The Kier molecular flexibility index (Phi) is 3.58. The van der Waals surface area contributed by atoms with Gasteiger partial charge in [-0.25, -0.2) is 0 Å². The van der Waals surface area contributed by atoms with E-state index in [1.54, 1.807) is 12.4 Å². The first-order valence-corrected chi connectivity index (χ1v) is 7.57. The van der Waals surface area contributed by atoms with Gasteiger partial charge in [0.05, 0.1) is 11.2 Å². The van der Waals surface area contributed by atoms with E-state index in [1.165, 1.54) is 11.5 Å². The standard InChI is InChI=1S/C14H18N4OS/c15-12-11(10-4-3-7-16-8-10)13(20-18-12)17-9-14(19)5-1-2-6-14/h3-4,7-8,17,19H,1-2,5-6,9H2,(H2,15,18). The van der Waals surface area contributed by atoms with Gasteiger partial charge in [-0.1, -0.05) is 18.9 Å². The summed E-state index contributed by atoms with van der Waals surface area (Å²) in [4.78, 5) is 4.12. The molecule has 0 spiro atoms. The Balaban J connectivity index is 1.81. The van der Waals surface area contributed by atoms with Crippen LogP contribution in [0.15, 0.2) is 24.5 Å². The molecule has 20 heavy (non-hydrogen) atoms. The Morgan fingerprint density at radius 1 is 1.40 bits per heavy atom. The van der Waals surface area contributed by atoms with Gasteiger partial charge in [-0.05, 0) is 30.4 Å². The van der Waals surface area contributed by atoms with Crippen LogP contribution in [0.4, 0.5) is 10.8 Å². The van der Waals surface area contributed by atoms with E-state index < -0.39 is 5.60 Å². The molecule has 0 aromatic carbocycles. The molecule has 1 aliphatic carbocycles. The van der Waals surface area contributed by atoms with Crippen LogP contribution in [0.5, 0.6) is 0 Å². The molecule has 0 unspecified atom stereocenters. The lowest BCUT2D eigenvalue weighted by Crippen LogP contribution is -2.33. The molecule has 0 saturated heterocycles. The number of nitrogen functional groups attached to an aromatic ring is 1. The van der Waals surface area contributed by atoms with Gasteiger partial charge in [-0.2, -0.15) is 4.37 Å². The molecule has 0 aliphatic heterocycles. The number of rotatable bonds is 4. The van der Waals surface area contributed by atoms with Gasteiger partial charge in [-0.15, -0.1) is 0 Å². The third-order valence-electron chi connectivity index (χ3n) is 3.78. The number of pyridine rings is 1. The van der Waals surface area contributed by atoms with Crippen molar-refractivity contribution in [2.45, 2.75) is 31.3 Å². The lowest BCUT2D eigenvalue weighted by Gasteiger charge is -2.22. The fourth-order valence-electron chi connectivity index (χ4n) is 2.67. The van der Waals surface area contributed by atoms with Crippen molar-refractivity contribution >= 4 is 22.4 Å². The summed E-state index contributed by atoms with van der Waals surface area (Å²) in [6, 6.07) is 3.84. The Morgan fingerprint density at radius 2 is 2.20 bits per heavy atom. The molecule has 1 fully saturated rings. The van der Waals surface area contributed by atoms with Crippen LogP contribution in [-0.2, 0) is 0 Å². The Morgan fingerprint density at radius 3 is 2.90 bits per heavy atom. The second kappa shape index (κ2) is 5.38. The van der Waals surface area contributed by atoms with Gasteiger partial charge < -0.3 is 16.2 Å². The van der Waals surface area contributed by atoms with Gasteiger partial charge in [0, 0.05) is 24.5 Å². The van der Waals surface area contributed by atoms with Crippen molar-refractivity contribution in [2.24, 2.45) is 0 Å². The van der Waals surface area contributed by atoms with Crippen LogP contribution in [0, 0.1) is 0 Å². The predicted octanol–water partition coefficient (Wildman–Crippen LogP) is 2.50. The average Bonchev–Trinajstić information content (AvgIpc) is 3.05. The van der Waals surface area contributed by atoms with E-state index in [2.05, 4.69) is 14.7 Å². The Bertz CT molecular complexity index is 578. The van der Waals surface area contributed by atoms with Crippen molar-refractivity contribution in [3.8, 4) is 11.1 Å². The summed E-state index contributed by atoms with van der Waals surface area (Å²) in [5.74, 6) is 0.504. The van der Waals surface area contributed by atoms with Crippen molar-refractivity contribution in [1.82, 2.24) is 9.36 Å². The maximum Gasteiger partial charge on any atom is 0.147 e.